The topological polar surface area (TPSA) is 134 Å². The molecule has 3 N–H and O–H groups in total. The molecule has 1 saturated carbocycles. The number of amides is 6. The van der Waals surface area contributed by atoms with Crippen molar-refractivity contribution in [3.8, 4) is 0 Å². The lowest BCUT2D eigenvalue weighted by molar-refractivity contribution is -0.156. The zero-order valence-corrected chi connectivity index (χ0v) is 16.7. The Morgan fingerprint density at radius 3 is 2.54 bits per heavy atom. The van der Waals surface area contributed by atoms with Crippen LogP contribution < -0.4 is 16.0 Å². The molecular weight excluding hydrogens is 368 g/mol. The van der Waals surface area contributed by atoms with Gasteiger partial charge in [-0.1, -0.05) is 19.8 Å². The molecule has 0 bridgehead atoms. The minimum atomic E-state index is -1.26. The van der Waals surface area contributed by atoms with Gasteiger partial charge in [0.1, 0.15) is 12.1 Å². The quantitative estimate of drug-likeness (QED) is 0.461. The molecule has 1 aliphatic heterocycles. The highest BCUT2D eigenvalue weighted by molar-refractivity contribution is 6.09. The predicted molar refractivity (Wildman–Crippen MR) is 98.0 cm³/mol. The highest BCUT2D eigenvalue weighted by Gasteiger charge is 2.55. The Balaban J connectivity index is 1.92. The molecule has 0 aromatic rings. The maximum atomic E-state index is 12.8. The van der Waals surface area contributed by atoms with Crippen LogP contribution in [0.2, 0.25) is 0 Å². The number of carbonyl (C=O) groups excluding carboxylic acids is 5. The summed E-state index contributed by atoms with van der Waals surface area (Å²) in [4.78, 5) is 61.5. The average Bonchev–Trinajstić information content (AvgIpc) is 2.81. The number of esters is 1. The van der Waals surface area contributed by atoms with Gasteiger partial charge in [-0.25, -0.2) is 9.59 Å². The molecule has 1 spiro atoms. The van der Waals surface area contributed by atoms with Crippen LogP contribution in [-0.2, 0) is 19.1 Å². The summed E-state index contributed by atoms with van der Waals surface area (Å²) in [6.07, 6.45) is 1.91. The van der Waals surface area contributed by atoms with Crippen molar-refractivity contribution in [2.24, 2.45) is 5.92 Å². The van der Waals surface area contributed by atoms with E-state index < -0.39 is 48.0 Å². The Labute approximate surface area is 163 Å². The number of hydrogen-bond donors (Lipinski definition) is 3. The van der Waals surface area contributed by atoms with Gasteiger partial charge in [0.05, 0.1) is 0 Å². The summed E-state index contributed by atoms with van der Waals surface area (Å²) in [5.41, 5.74) is -0.965. The van der Waals surface area contributed by atoms with Crippen molar-refractivity contribution in [3.63, 3.8) is 0 Å². The fraction of sp³-hybridized carbons (Fsp3) is 0.722. The molecule has 1 saturated heterocycles. The Morgan fingerprint density at radius 1 is 1.25 bits per heavy atom. The minimum Gasteiger partial charge on any atom is -0.451 e. The van der Waals surface area contributed by atoms with Gasteiger partial charge in [-0.15, -0.1) is 0 Å². The Bertz CT molecular complexity index is 679. The lowest BCUT2D eigenvalue weighted by atomic mass is 9.73. The molecule has 10 heteroatoms. The van der Waals surface area contributed by atoms with Crippen LogP contribution in [0.15, 0.2) is 0 Å². The fourth-order valence-corrected chi connectivity index (χ4v) is 3.57. The van der Waals surface area contributed by atoms with Crippen LogP contribution in [0.25, 0.3) is 0 Å². The first-order valence-electron chi connectivity index (χ1n) is 9.51. The second-order valence-corrected chi connectivity index (χ2v) is 7.69. The van der Waals surface area contributed by atoms with Gasteiger partial charge in [-0.2, -0.15) is 0 Å². The summed E-state index contributed by atoms with van der Waals surface area (Å²) in [6, 6.07) is -1.51. The van der Waals surface area contributed by atoms with Crippen LogP contribution in [0.1, 0.15) is 53.4 Å². The standard InChI is InChI=1S/C18H28N4O6/c1-10(2)19-16(26)20-14(24)12(4)28-13(23)9-22-15(25)18(21-17(22)27)8-6-5-7-11(18)3/h10-12H,5-9H2,1-4H3,(H,21,27)(H2,19,20,24,26). The molecule has 28 heavy (non-hydrogen) atoms. The number of nitrogens with zero attached hydrogens (tertiary/aromatic N) is 1. The first-order chi connectivity index (χ1) is 13.1. The van der Waals surface area contributed by atoms with Crippen molar-refractivity contribution in [1.82, 2.24) is 20.9 Å². The predicted octanol–water partition coefficient (Wildman–Crippen LogP) is 0.653. The van der Waals surface area contributed by atoms with E-state index in [1.54, 1.807) is 13.8 Å². The highest BCUT2D eigenvalue weighted by atomic mass is 16.5. The molecule has 0 aromatic heterocycles. The molecule has 2 aliphatic rings. The smallest absolute Gasteiger partial charge is 0.327 e. The normalized spacial score (nSPS) is 25.5. The first-order valence-corrected chi connectivity index (χ1v) is 9.51. The van der Waals surface area contributed by atoms with Crippen LogP contribution in [0, 0.1) is 5.92 Å². The Kier molecular flexibility index (Phi) is 6.63. The van der Waals surface area contributed by atoms with Crippen LogP contribution in [0.4, 0.5) is 9.59 Å². The van der Waals surface area contributed by atoms with Crippen LogP contribution >= 0.6 is 0 Å². The number of ether oxygens (including phenoxy) is 1. The lowest BCUT2D eigenvalue weighted by Crippen LogP contribution is -2.54. The van der Waals surface area contributed by atoms with E-state index in [1.807, 2.05) is 6.92 Å². The van der Waals surface area contributed by atoms with Gasteiger partial charge in [0, 0.05) is 6.04 Å². The number of imide groups is 2. The zero-order chi connectivity index (χ0) is 21.1. The number of hydrogen-bond acceptors (Lipinski definition) is 6. The van der Waals surface area contributed by atoms with Crippen molar-refractivity contribution in [1.29, 1.82) is 0 Å². The molecule has 3 unspecified atom stereocenters. The molecule has 6 amide bonds. The van der Waals surface area contributed by atoms with Gasteiger partial charge in [0.25, 0.3) is 11.8 Å². The van der Waals surface area contributed by atoms with E-state index in [0.29, 0.717) is 6.42 Å². The third-order valence-corrected chi connectivity index (χ3v) is 5.12. The SMILES string of the molecule is CC(C)NC(=O)NC(=O)C(C)OC(=O)CN1C(=O)NC2(CCCCC2C)C1=O. The molecule has 1 aliphatic carbocycles. The van der Waals surface area contributed by atoms with Gasteiger partial charge >= 0.3 is 18.0 Å². The van der Waals surface area contributed by atoms with Crippen LogP contribution in [0.3, 0.4) is 0 Å². The van der Waals surface area contributed by atoms with E-state index in [1.165, 1.54) is 6.92 Å². The monoisotopic (exact) mass is 396 g/mol. The molecule has 10 nitrogen and oxygen atoms in total. The zero-order valence-electron chi connectivity index (χ0n) is 16.7. The van der Waals surface area contributed by atoms with E-state index in [0.717, 1.165) is 24.2 Å². The second kappa shape index (κ2) is 8.57. The van der Waals surface area contributed by atoms with E-state index in [9.17, 15) is 24.0 Å². The van der Waals surface area contributed by atoms with Crippen molar-refractivity contribution in [2.75, 3.05) is 6.54 Å². The highest BCUT2D eigenvalue weighted by Crippen LogP contribution is 2.38. The Morgan fingerprint density at radius 2 is 1.93 bits per heavy atom. The van der Waals surface area contributed by atoms with Crippen molar-refractivity contribution >= 4 is 29.8 Å². The molecule has 3 atom stereocenters. The van der Waals surface area contributed by atoms with Crippen LogP contribution in [0.5, 0.6) is 0 Å². The van der Waals surface area contributed by atoms with Gasteiger partial charge in [-0.3, -0.25) is 24.6 Å². The largest absolute Gasteiger partial charge is 0.451 e. The molecule has 0 radical (unpaired) electrons. The number of urea groups is 2. The molecule has 2 fully saturated rings. The summed E-state index contributed by atoms with van der Waals surface area (Å²) in [5.74, 6) is -2.17. The van der Waals surface area contributed by atoms with Gasteiger partial charge in [0.2, 0.25) is 0 Å². The number of nitrogens with one attached hydrogen (secondary N) is 3. The molecule has 2 rings (SSSR count). The van der Waals surface area contributed by atoms with Gasteiger partial charge in [-0.05, 0) is 39.5 Å². The lowest BCUT2D eigenvalue weighted by Gasteiger charge is -2.36. The van der Waals surface area contributed by atoms with Crippen molar-refractivity contribution in [2.45, 2.75) is 71.1 Å². The maximum absolute atomic E-state index is 12.8. The van der Waals surface area contributed by atoms with Gasteiger partial charge < -0.3 is 15.4 Å². The van der Waals surface area contributed by atoms with E-state index in [4.69, 9.17) is 4.74 Å². The van der Waals surface area contributed by atoms with Crippen molar-refractivity contribution in [3.05, 3.63) is 0 Å². The minimum absolute atomic E-state index is 0.0251. The Hall–Kier alpha value is -2.65. The summed E-state index contributed by atoms with van der Waals surface area (Å²) < 4.78 is 4.97. The van der Waals surface area contributed by atoms with Gasteiger partial charge in [0.15, 0.2) is 6.10 Å². The maximum Gasteiger partial charge on any atom is 0.327 e. The first kappa shape index (κ1) is 21.6. The third-order valence-electron chi connectivity index (χ3n) is 5.12. The second-order valence-electron chi connectivity index (χ2n) is 7.69. The fourth-order valence-electron chi connectivity index (χ4n) is 3.57. The average molecular weight is 396 g/mol. The molecule has 1 heterocycles. The molecule has 156 valence electrons. The van der Waals surface area contributed by atoms with Crippen LogP contribution in [-0.4, -0.2) is 59.0 Å². The summed E-state index contributed by atoms with van der Waals surface area (Å²) in [5, 5.41) is 7.27. The summed E-state index contributed by atoms with van der Waals surface area (Å²) in [6.45, 7) is 6.08. The number of carbonyl (C=O) groups is 5. The third kappa shape index (κ3) is 4.60. The van der Waals surface area contributed by atoms with Crippen molar-refractivity contribution < 1.29 is 28.7 Å². The van der Waals surface area contributed by atoms with E-state index in [2.05, 4.69) is 16.0 Å². The van der Waals surface area contributed by atoms with E-state index in [-0.39, 0.29) is 12.0 Å². The summed E-state index contributed by atoms with van der Waals surface area (Å²) >= 11 is 0. The number of rotatable bonds is 5. The molecular formula is C18H28N4O6. The molecule has 0 aromatic carbocycles. The van der Waals surface area contributed by atoms with E-state index >= 15 is 0 Å². The summed E-state index contributed by atoms with van der Waals surface area (Å²) in [7, 11) is 0.